The fourth-order valence-electron chi connectivity index (χ4n) is 4.61. The third-order valence-corrected chi connectivity index (χ3v) is 6.34. The molecule has 148 valence electrons. The third-order valence-electron chi connectivity index (χ3n) is 6.03. The molecule has 0 amide bonds. The van der Waals surface area contributed by atoms with E-state index in [-0.39, 0.29) is 17.9 Å². The van der Waals surface area contributed by atoms with Crippen molar-refractivity contribution in [3.8, 4) is 0 Å². The first-order chi connectivity index (χ1) is 14.2. The van der Waals surface area contributed by atoms with Gasteiger partial charge in [-0.05, 0) is 73.1 Å². The maximum absolute atomic E-state index is 13.5. The number of rotatable bonds is 4. The molecule has 1 saturated heterocycles. The van der Waals surface area contributed by atoms with Crippen LogP contribution in [0.3, 0.4) is 0 Å². The van der Waals surface area contributed by atoms with Crippen LogP contribution in [0.2, 0.25) is 0 Å². The SMILES string of the molecule is Fc1ccc(N2C(=S)N[C@@H](c3ccccn3)[C@@H]2c2ccn(C3CCCC3)c2)cc1. The van der Waals surface area contributed by atoms with Gasteiger partial charge in [0, 0.05) is 30.3 Å². The van der Waals surface area contributed by atoms with E-state index in [1.165, 1.54) is 43.4 Å². The van der Waals surface area contributed by atoms with Gasteiger partial charge >= 0.3 is 0 Å². The van der Waals surface area contributed by atoms with Gasteiger partial charge < -0.3 is 14.8 Å². The van der Waals surface area contributed by atoms with Crippen molar-refractivity contribution in [2.24, 2.45) is 0 Å². The van der Waals surface area contributed by atoms with Crippen LogP contribution in [-0.2, 0) is 0 Å². The van der Waals surface area contributed by atoms with Crippen molar-refractivity contribution < 1.29 is 4.39 Å². The minimum Gasteiger partial charge on any atom is -0.351 e. The van der Waals surface area contributed by atoms with Crippen LogP contribution in [0.15, 0.2) is 67.1 Å². The first-order valence-electron chi connectivity index (χ1n) is 10.1. The second kappa shape index (κ2) is 7.59. The second-order valence-electron chi connectivity index (χ2n) is 7.80. The summed E-state index contributed by atoms with van der Waals surface area (Å²) in [5.74, 6) is -0.253. The summed E-state index contributed by atoms with van der Waals surface area (Å²) in [4.78, 5) is 6.67. The summed E-state index contributed by atoms with van der Waals surface area (Å²) in [6, 6.07) is 15.1. The second-order valence-corrected chi connectivity index (χ2v) is 8.19. The lowest BCUT2D eigenvalue weighted by Crippen LogP contribution is -2.29. The van der Waals surface area contributed by atoms with Gasteiger partial charge in [0.2, 0.25) is 0 Å². The molecule has 1 aliphatic carbocycles. The number of benzene rings is 1. The highest BCUT2D eigenvalue weighted by Gasteiger charge is 2.41. The minimum atomic E-state index is -0.253. The van der Waals surface area contributed by atoms with E-state index in [1.54, 1.807) is 18.3 Å². The first-order valence-corrected chi connectivity index (χ1v) is 10.5. The predicted octanol–water partition coefficient (Wildman–Crippen LogP) is 5.31. The lowest BCUT2D eigenvalue weighted by molar-refractivity contribution is 0.515. The van der Waals surface area contributed by atoms with Gasteiger partial charge in [-0.2, -0.15) is 0 Å². The quantitative estimate of drug-likeness (QED) is 0.595. The summed E-state index contributed by atoms with van der Waals surface area (Å²) in [5, 5.41) is 4.08. The standard InChI is InChI=1S/C23H23FN4S/c24-17-8-10-19(11-9-17)28-22(16-12-14-27(15-16)18-5-1-2-6-18)21(26-23(28)29)20-7-3-4-13-25-20/h3-4,7-15,18,21-22H,1-2,5-6H2,(H,26,29)/t21-,22-/m0/s1. The topological polar surface area (TPSA) is 33.1 Å². The summed E-state index contributed by atoms with van der Waals surface area (Å²) in [6.07, 6.45) is 11.3. The van der Waals surface area contributed by atoms with Crippen molar-refractivity contribution in [3.63, 3.8) is 0 Å². The van der Waals surface area contributed by atoms with Crippen LogP contribution in [0, 0.1) is 5.82 Å². The number of halogens is 1. The van der Waals surface area contributed by atoms with Crippen molar-refractivity contribution >= 4 is 23.0 Å². The molecular formula is C23H23FN4S. The van der Waals surface area contributed by atoms with Crippen LogP contribution in [-0.4, -0.2) is 14.7 Å². The number of hydrogen-bond donors (Lipinski definition) is 1. The van der Waals surface area contributed by atoms with Gasteiger partial charge in [-0.3, -0.25) is 4.98 Å². The van der Waals surface area contributed by atoms with E-state index >= 15 is 0 Å². The molecule has 1 N–H and O–H groups in total. The molecule has 4 nitrogen and oxygen atoms in total. The molecule has 2 aromatic heterocycles. The highest BCUT2D eigenvalue weighted by molar-refractivity contribution is 7.80. The van der Waals surface area contributed by atoms with Crippen LogP contribution < -0.4 is 10.2 Å². The molecule has 5 rings (SSSR count). The van der Waals surface area contributed by atoms with E-state index in [4.69, 9.17) is 12.2 Å². The fourth-order valence-corrected chi connectivity index (χ4v) is 4.95. The largest absolute Gasteiger partial charge is 0.351 e. The smallest absolute Gasteiger partial charge is 0.174 e. The van der Waals surface area contributed by atoms with Crippen LogP contribution >= 0.6 is 12.2 Å². The van der Waals surface area contributed by atoms with Gasteiger partial charge in [0.15, 0.2) is 5.11 Å². The molecule has 3 aromatic rings. The van der Waals surface area contributed by atoms with Gasteiger partial charge in [0.1, 0.15) is 5.82 Å². The minimum absolute atomic E-state index is 0.0504. The predicted molar refractivity (Wildman–Crippen MR) is 116 cm³/mol. The zero-order valence-corrected chi connectivity index (χ0v) is 16.9. The molecule has 29 heavy (non-hydrogen) atoms. The zero-order valence-electron chi connectivity index (χ0n) is 16.0. The third kappa shape index (κ3) is 3.42. The van der Waals surface area contributed by atoms with Crippen molar-refractivity contribution in [1.82, 2.24) is 14.9 Å². The summed E-state index contributed by atoms with van der Waals surface area (Å²) >= 11 is 5.71. The molecule has 2 aliphatic rings. The molecule has 1 aliphatic heterocycles. The van der Waals surface area contributed by atoms with Crippen molar-refractivity contribution in [2.45, 2.75) is 43.8 Å². The van der Waals surface area contributed by atoms with Gasteiger partial charge in [-0.15, -0.1) is 0 Å². The lowest BCUT2D eigenvalue weighted by atomic mass is 9.98. The number of thiocarbonyl (C=S) groups is 1. The summed E-state index contributed by atoms with van der Waals surface area (Å²) in [5.41, 5.74) is 3.00. The van der Waals surface area contributed by atoms with Crippen LogP contribution in [0.5, 0.6) is 0 Å². The maximum Gasteiger partial charge on any atom is 0.174 e. The average molecular weight is 407 g/mol. The van der Waals surface area contributed by atoms with Crippen molar-refractivity contribution in [3.05, 3.63) is 84.2 Å². The highest BCUT2D eigenvalue weighted by atomic mass is 32.1. The molecule has 2 fully saturated rings. The first kappa shape index (κ1) is 18.3. The summed E-state index contributed by atoms with van der Waals surface area (Å²) < 4.78 is 15.9. The molecule has 0 radical (unpaired) electrons. The monoisotopic (exact) mass is 406 g/mol. The molecule has 3 heterocycles. The van der Waals surface area contributed by atoms with Crippen molar-refractivity contribution in [2.75, 3.05) is 4.90 Å². The normalized spacial score (nSPS) is 22.2. The van der Waals surface area contributed by atoms with Crippen LogP contribution in [0.4, 0.5) is 10.1 Å². The summed E-state index contributed by atoms with van der Waals surface area (Å²) in [7, 11) is 0. The molecule has 2 atom stereocenters. The van der Waals surface area contributed by atoms with E-state index in [0.717, 1.165) is 11.4 Å². The number of nitrogens with one attached hydrogen (secondary N) is 1. The van der Waals surface area contributed by atoms with E-state index in [0.29, 0.717) is 11.2 Å². The summed E-state index contributed by atoms with van der Waals surface area (Å²) in [6.45, 7) is 0. The van der Waals surface area contributed by atoms with Crippen LogP contribution in [0.1, 0.15) is 55.1 Å². The van der Waals surface area contributed by atoms with Gasteiger partial charge in [-0.1, -0.05) is 18.9 Å². The Labute approximate surface area is 175 Å². The Morgan fingerprint density at radius 2 is 1.83 bits per heavy atom. The Hall–Kier alpha value is -2.73. The van der Waals surface area contributed by atoms with Gasteiger partial charge in [0.25, 0.3) is 0 Å². The van der Waals surface area contributed by atoms with E-state index < -0.39 is 0 Å². The average Bonchev–Trinajstić information content (AvgIpc) is 3.49. The number of hydrogen-bond acceptors (Lipinski definition) is 2. The molecule has 1 saturated carbocycles. The Balaban J connectivity index is 1.56. The number of aromatic nitrogens is 2. The maximum atomic E-state index is 13.5. The van der Waals surface area contributed by atoms with Gasteiger partial charge in [-0.25, -0.2) is 4.39 Å². The van der Waals surface area contributed by atoms with Crippen molar-refractivity contribution in [1.29, 1.82) is 0 Å². The Morgan fingerprint density at radius 3 is 2.55 bits per heavy atom. The molecule has 1 aromatic carbocycles. The fraction of sp³-hybridized carbons (Fsp3) is 0.304. The highest BCUT2D eigenvalue weighted by Crippen LogP contribution is 2.42. The number of nitrogens with zero attached hydrogens (tertiary/aromatic N) is 3. The molecule has 0 unspecified atom stereocenters. The Bertz CT molecular complexity index is 995. The molecule has 0 spiro atoms. The zero-order chi connectivity index (χ0) is 19.8. The molecular weight excluding hydrogens is 383 g/mol. The lowest BCUT2D eigenvalue weighted by Gasteiger charge is -2.27. The Kier molecular flexibility index (Phi) is 4.79. The number of pyridine rings is 1. The molecule has 6 heteroatoms. The van der Waals surface area contributed by atoms with E-state index in [9.17, 15) is 4.39 Å². The number of anilines is 1. The Morgan fingerprint density at radius 1 is 1.03 bits per heavy atom. The van der Waals surface area contributed by atoms with E-state index in [2.05, 4.69) is 38.2 Å². The molecule has 0 bridgehead atoms. The van der Waals surface area contributed by atoms with Crippen LogP contribution in [0.25, 0.3) is 0 Å². The van der Waals surface area contributed by atoms with E-state index in [1.807, 2.05) is 18.2 Å². The van der Waals surface area contributed by atoms with Gasteiger partial charge in [0.05, 0.1) is 17.8 Å².